The van der Waals surface area contributed by atoms with Gasteiger partial charge in [-0.05, 0) is 25.0 Å². The Morgan fingerprint density at radius 2 is 2.11 bits per heavy atom. The van der Waals surface area contributed by atoms with Crippen LogP contribution in [-0.2, 0) is 4.79 Å². The molecule has 1 aliphatic rings. The van der Waals surface area contributed by atoms with Crippen molar-refractivity contribution in [1.29, 1.82) is 0 Å². The number of hydrogen-bond acceptors (Lipinski definition) is 5. The summed E-state index contributed by atoms with van der Waals surface area (Å²) < 4.78 is 5.10. The lowest BCUT2D eigenvalue weighted by atomic mass is 9.96. The SMILES string of the molecule is COc1nc(N2CCC(C(N)=O)CC2)ccc1N. The Labute approximate surface area is 106 Å². The van der Waals surface area contributed by atoms with Gasteiger partial charge < -0.3 is 21.1 Å². The first-order valence-corrected chi connectivity index (χ1v) is 5.96. The van der Waals surface area contributed by atoms with Crippen LogP contribution in [0.4, 0.5) is 11.5 Å². The normalized spacial score (nSPS) is 16.6. The van der Waals surface area contributed by atoms with E-state index in [0.717, 1.165) is 31.7 Å². The van der Waals surface area contributed by atoms with Gasteiger partial charge in [0.2, 0.25) is 11.8 Å². The fraction of sp³-hybridized carbons (Fsp3) is 0.500. The predicted octanol–water partition coefficient (Wildman–Crippen LogP) is 0.374. The van der Waals surface area contributed by atoms with Crippen molar-refractivity contribution in [3.05, 3.63) is 12.1 Å². The number of pyridine rings is 1. The van der Waals surface area contributed by atoms with Crippen LogP contribution in [0.3, 0.4) is 0 Å². The predicted molar refractivity (Wildman–Crippen MR) is 69.3 cm³/mol. The molecule has 0 aliphatic carbocycles. The maximum absolute atomic E-state index is 11.1. The number of hydrogen-bond donors (Lipinski definition) is 2. The van der Waals surface area contributed by atoms with Crippen molar-refractivity contribution in [3.63, 3.8) is 0 Å². The lowest BCUT2D eigenvalue weighted by Gasteiger charge is -2.31. The summed E-state index contributed by atoms with van der Waals surface area (Å²) in [5.74, 6) is 1.03. The highest BCUT2D eigenvalue weighted by Gasteiger charge is 2.24. The molecule has 1 fully saturated rings. The quantitative estimate of drug-likeness (QED) is 0.808. The number of aromatic nitrogens is 1. The average molecular weight is 250 g/mol. The fourth-order valence-electron chi connectivity index (χ4n) is 2.17. The van der Waals surface area contributed by atoms with E-state index < -0.39 is 0 Å². The number of nitrogens with two attached hydrogens (primary N) is 2. The highest BCUT2D eigenvalue weighted by atomic mass is 16.5. The lowest BCUT2D eigenvalue weighted by Crippen LogP contribution is -2.38. The molecule has 1 aromatic heterocycles. The van der Waals surface area contributed by atoms with E-state index in [1.165, 1.54) is 0 Å². The third-order valence-corrected chi connectivity index (χ3v) is 3.29. The Morgan fingerprint density at radius 1 is 1.44 bits per heavy atom. The Bertz CT molecular complexity index is 442. The molecule has 4 N–H and O–H groups in total. The number of methoxy groups -OCH3 is 1. The molecule has 1 saturated heterocycles. The van der Waals surface area contributed by atoms with Crippen LogP contribution >= 0.6 is 0 Å². The van der Waals surface area contributed by atoms with Crippen molar-refractivity contribution in [2.24, 2.45) is 11.7 Å². The molecule has 0 aromatic carbocycles. The molecule has 1 amide bonds. The molecule has 1 aliphatic heterocycles. The summed E-state index contributed by atoms with van der Waals surface area (Å²) in [6, 6.07) is 3.64. The van der Waals surface area contributed by atoms with Crippen LogP contribution in [0.25, 0.3) is 0 Å². The molecule has 2 rings (SSSR count). The number of rotatable bonds is 3. The summed E-state index contributed by atoms with van der Waals surface area (Å²) in [7, 11) is 1.54. The fourth-order valence-corrected chi connectivity index (χ4v) is 2.17. The van der Waals surface area contributed by atoms with Gasteiger partial charge in [0.25, 0.3) is 0 Å². The van der Waals surface area contributed by atoms with Crippen LogP contribution in [0, 0.1) is 5.92 Å². The van der Waals surface area contributed by atoms with Crippen molar-refractivity contribution in [1.82, 2.24) is 4.98 Å². The molecule has 0 saturated carbocycles. The molecule has 1 aromatic rings. The summed E-state index contributed by atoms with van der Waals surface area (Å²) in [6.45, 7) is 1.54. The van der Waals surface area contributed by atoms with Gasteiger partial charge in [0.15, 0.2) is 0 Å². The van der Waals surface area contributed by atoms with Gasteiger partial charge in [-0.3, -0.25) is 4.79 Å². The molecule has 98 valence electrons. The van der Waals surface area contributed by atoms with Gasteiger partial charge >= 0.3 is 0 Å². The van der Waals surface area contributed by atoms with E-state index in [-0.39, 0.29) is 11.8 Å². The van der Waals surface area contributed by atoms with Gasteiger partial charge in [0.1, 0.15) is 5.82 Å². The molecule has 0 bridgehead atoms. The number of anilines is 2. The maximum atomic E-state index is 11.1. The number of carbonyl (C=O) groups is 1. The smallest absolute Gasteiger partial charge is 0.238 e. The molecular formula is C12H18N4O2. The Kier molecular flexibility index (Phi) is 3.55. The van der Waals surface area contributed by atoms with E-state index >= 15 is 0 Å². The van der Waals surface area contributed by atoms with Crippen LogP contribution in [0.15, 0.2) is 12.1 Å². The van der Waals surface area contributed by atoms with E-state index in [1.807, 2.05) is 6.07 Å². The largest absolute Gasteiger partial charge is 0.479 e. The number of amides is 1. The summed E-state index contributed by atoms with van der Waals surface area (Å²) in [4.78, 5) is 17.6. The molecule has 6 heteroatoms. The first-order chi connectivity index (χ1) is 8.61. The Hall–Kier alpha value is -1.98. The monoisotopic (exact) mass is 250 g/mol. The van der Waals surface area contributed by atoms with Gasteiger partial charge in [-0.15, -0.1) is 0 Å². The van der Waals surface area contributed by atoms with E-state index in [9.17, 15) is 4.79 Å². The molecule has 0 spiro atoms. The Balaban J connectivity index is 2.07. The molecule has 0 atom stereocenters. The standard InChI is InChI=1S/C12H18N4O2/c1-18-12-9(13)2-3-10(15-12)16-6-4-8(5-7-16)11(14)17/h2-3,8H,4-7,13H2,1H3,(H2,14,17). The summed E-state index contributed by atoms with van der Waals surface area (Å²) >= 11 is 0. The summed E-state index contributed by atoms with van der Waals surface area (Å²) in [5, 5.41) is 0. The minimum absolute atomic E-state index is 0.0167. The third-order valence-electron chi connectivity index (χ3n) is 3.29. The van der Waals surface area contributed by atoms with Crippen LogP contribution in [0.2, 0.25) is 0 Å². The van der Waals surface area contributed by atoms with Crippen LogP contribution in [0.1, 0.15) is 12.8 Å². The molecule has 0 unspecified atom stereocenters. The highest BCUT2D eigenvalue weighted by Crippen LogP contribution is 2.26. The number of nitrogen functional groups attached to an aromatic ring is 1. The number of carbonyl (C=O) groups excluding carboxylic acids is 1. The third kappa shape index (κ3) is 2.47. The van der Waals surface area contributed by atoms with Crippen molar-refractivity contribution in [2.45, 2.75) is 12.8 Å². The molecule has 6 nitrogen and oxygen atoms in total. The second-order valence-electron chi connectivity index (χ2n) is 4.43. The maximum Gasteiger partial charge on any atom is 0.238 e. The minimum atomic E-state index is -0.211. The van der Waals surface area contributed by atoms with Gasteiger partial charge in [-0.1, -0.05) is 0 Å². The average Bonchev–Trinajstić information content (AvgIpc) is 2.39. The lowest BCUT2D eigenvalue weighted by molar-refractivity contribution is -0.122. The first kappa shape index (κ1) is 12.5. The number of primary amides is 1. The zero-order chi connectivity index (χ0) is 13.1. The van der Waals surface area contributed by atoms with Gasteiger partial charge in [-0.25, -0.2) is 0 Å². The van der Waals surface area contributed by atoms with Gasteiger partial charge in [-0.2, -0.15) is 4.98 Å². The van der Waals surface area contributed by atoms with Crippen molar-refractivity contribution < 1.29 is 9.53 Å². The molecule has 0 radical (unpaired) electrons. The number of piperidine rings is 1. The van der Waals surface area contributed by atoms with E-state index in [1.54, 1.807) is 13.2 Å². The zero-order valence-corrected chi connectivity index (χ0v) is 10.4. The van der Waals surface area contributed by atoms with E-state index in [4.69, 9.17) is 16.2 Å². The zero-order valence-electron chi connectivity index (χ0n) is 10.4. The van der Waals surface area contributed by atoms with Crippen molar-refractivity contribution in [2.75, 3.05) is 30.8 Å². The first-order valence-electron chi connectivity index (χ1n) is 5.96. The van der Waals surface area contributed by atoms with Crippen molar-refractivity contribution >= 4 is 17.4 Å². The van der Waals surface area contributed by atoms with Crippen LogP contribution < -0.4 is 21.1 Å². The van der Waals surface area contributed by atoms with E-state index in [2.05, 4.69) is 9.88 Å². The van der Waals surface area contributed by atoms with E-state index in [0.29, 0.717) is 11.6 Å². The Morgan fingerprint density at radius 3 is 2.67 bits per heavy atom. The van der Waals surface area contributed by atoms with Crippen molar-refractivity contribution in [3.8, 4) is 5.88 Å². The van der Waals surface area contributed by atoms with Crippen LogP contribution in [0.5, 0.6) is 5.88 Å². The topological polar surface area (TPSA) is 94.5 Å². The summed E-state index contributed by atoms with van der Waals surface area (Å²) in [5.41, 5.74) is 11.6. The highest BCUT2D eigenvalue weighted by molar-refractivity contribution is 5.77. The molecule has 18 heavy (non-hydrogen) atoms. The minimum Gasteiger partial charge on any atom is -0.479 e. The number of nitrogens with zero attached hydrogens (tertiary/aromatic N) is 2. The second-order valence-corrected chi connectivity index (χ2v) is 4.43. The molecule has 2 heterocycles. The summed E-state index contributed by atoms with van der Waals surface area (Å²) in [6.07, 6.45) is 1.54. The number of ether oxygens (including phenoxy) is 1. The second kappa shape index (κ2) is 5.12. The van der Waals surface area contributed by atoms with Gasteiger partial charge in [0.05, 0.1) is 12.8 Å². The van der Waals surface area contributed by atoms with Gasteiger partial charge in [0, 0.05) is 19.0 Å². The molecular weight excluding hydrogens is 232 g/mol. The van der Waals surface area contributed by atoms with Crippen LogP contribution in [-0.4, -0.2) is 31.1 Å².